The summed E-state index contributed by atoms with van der Waals surface area (Å²) in [6.45, 7) is 0.686. The van der Waals surface area contributed by atoms with Crippen LogP contribution in [0.3, 0.4) is 0 Å². The number of benzene rings is 1. The van der Waals surface area contributed by atoms with E-state index in [2.05, 4.69) is 0 Å². The molecule has 0 saturated carbocycles. The van der Waals surface area contributed by atoms with Crippen molar-refractivity contribution in [3.8, 4) is 11.5 Å². The van der Waals surface area contributed by atoms with Crippen LogP contribution in [0, 0.1) is 5.82 Å². The topological polar surface area (TPSA) is 38.7 Å². The summed E-state index contributed by atoms with van der Waals surface area (Å²) in [7, 11) is 0. The van der Waals surface area contributed by atoms with Crippen LogP contribution < -0.4 is 4.74 Å². The molecule has 1 aliphatic heterocycles. The molecule has 1 aromatic rings. The van der Waals surface area contributed by atoms with E-state index in [-0.39, 0.29) is 12.0 Å². The summed E-state index contributed by atoms with van der Waals surface area (Å²) in [5.74, 6) is -0.660. The number of phenolic OH excluding ortho intramolecular Hbond substituents is 1. The van der Waals surface area contributed by atoms with Crippen molar-refractivity contribution in [3.63, 3.8) is 0 Å². The van der Waals surface area contributed by atoms with Crippen molar-refractivity contribution in [2.75, 3.05) is 6.61 Å². The smallest absolute Gasteiger partial charge is 0.199 e. The molecule has 0 amide bonds. The van der Waals surface area contributed by atoms with Crippen LogP contribution in [0.2, 0.25) is 0 Å². The first kappa shape index (κ1) is 10.2. The van der Waals surface area contributed by atoms with E-state index in [1.165, 1.54) is 12.1 Å². The second kappa shape index (κ2) is 4.49. The molecule has 1 saturated heterocycles. The molecule has 4 heteroatoms. The van der Waals surface area contributed by atoms with Gasteiger partial charge in [0.2, 0.25) is 0 Å². The summed E-state index contributed by atoms with van der Waals surface area (Å²) < 4.78 is 23.7. The summed E-state index contributed by atoms with van der Waals surface area (Å²) in [5.41, 5.74) is 0. The quantitative estimate of drug-likeness (QED) is 0.818. The molecule has 0 aliphatic carbocycles. The number of ether oxygens (including phenoxy) is 2. The normalized spacial score (nSPS) is 21.3. The highest BCUT2D eigenvalue weighted by atomic mass is 19.1. The Kier molecular flexibility index (Phi) is 3.06. The summed E-state index contributed by atoms with van der Waals surface area (Å²) >= 11 is 0. The molecular formula is C11H13FO3. The van der Waals surface area contributed by atoms with Crippen LogP contribution in [-0.4, -0.2) is 18.0 Å². The standard InChI is InChI=1S/C11H13FO3/c12-9-7-8(4-5-10(9)13)15-11-3-1-2-6-14-11/h4-5,7,11,13H,1-3,6H2/t11-/m0/s1. The number of hydrogen-bond acceptors (Lipinski definition) is 3. The molecule has 3 nitrogen and oxygen atoms in total. The fourth-order valence-electron chi connectivity index (χ4n) is 1.52. The van der Waals surface area contributed by atoms with Gasteiger partial charge in [0.15, 0.2) is 17.9 Å². The Morgan fingerprint density at radius 3 is 2.93 bits per heavy atom. The second-order valence-electron chi connectivity index (χ2n) is 3.53. The van der Waals surface area contributed by atoms with Gasteiger partial charge in [-0.25, -0.2) is 4.39 Å². The molecule has 2 rings (SSSR count). The van der Waals surface area contributed by atoms with Gasteiger partial charge in [-0.15, -0.1) is 0 Å². The number of halogens is 1. The molecule has 1 aromatic carbocycles. The zero-order valence-corrected chi connectivity index (χ0v) is 8.28. The summed E-state index contributed by atoms with van der Waals surface area (Å²) in [6.07, 6.45) is 2.64. The highest BCUT2D eigenvalue weighted by Crippen LogP contribution is 2.24. The fraction of sp³-hybridized carbons (Fsp3) is 0.455. The van der Waals surface area contributed by atoms with Gasteiger partial charge in [-0.3, -0.25) is 0 Å². The Morgan fingerprint density at radius 1 is 1.40 bits per heavy atom. The van der Waals surface area contributed by atoms with Crippen LogP contribution in [0.15, 0.2) is 18.2 Å². The first-order valence-electron chi connectivity index (χ1n) is 5.02. The van der Waals surface area contributed by atoms with Crippen LogP contribution in [0.25, 0.3) is 0 Å². The number of aromatic hydroxyl groups is 1. The molecule has 0 unspecified atom stereocenters. The molecule has 0 radical (unpaired) electrons. The molecule has 82 valence electrons. The lowest BCUT2D eigenvalue weighted by molar-refractivity contribution is -0.106. The minimum absolute atomic E-state index is 0.289. The van der Waals surface area contributed by atoms with Gasteiger partial charge < -0.3 is 14.6 Å². The maximum Gasteiger partial charge on any atom is 0.199 e. The highest BCUT2D eigenvalue weighted by Gasteiger charge is 2.15. The van der Waals surface area contributed by atoms with Crippen LogP contribution in [0.4, 0.5) is 4.39 Å². The van der Waals surface area contributed by atoms with Gasteiger partial charge in [-0.2, -0.15) is 0 Å². The van der Waals surface area contributed by atoms with Gasteiger partial charge in [-0.1, -0.05) is 0 Å². The average molecular weight is 212 g/mol. The maximum atomic E-state index is 13.0. The van der Waals surface area contributed by atoms with Crippen molar-refractivity contribution in [1.82, 2.24) is 0 Å². The summed E-state index contributed by atoms with van der Waals surface area (Å²) in [5, 5.41) is 8.99. The Bertz CT molecular complexity index is 335. The third kappa shape index (κ3) is 2.59. The third-order valence-electron chi connectivity index (χ3n) is 2.32. The van der Waals surface area contributed by atoms with Crippen LogP contribution in [0.1, 0.15) is 19.3 Å². The predicted octanol–water partition coefficient (Wildman–Crippen LogP) is 2.44. The molecule has 1 aliphatic rings. The minimum Gasteiger partial charge on any atom is -0.505 e. The summed E-state index contributed by atoms with van der Waals surface area (Å²) in [4.78, 5) is 0. The van der Waals surface area contributed by atoms with Gasteiger partial charge in [-0.05, 0) is 25.0 Å². The van der Waals surface area contributed by atoms with E-state index in [1.807, 2.05) is 0 Å². The second-order valence-corrected chi connectivity index (χ2v) is 3.53. The van der Waals surface area contributed by atoms with Crippen molar-refractivity contribution < 1.29 is 19.0 Å². The lowest BCUT2D eigenvalue weighted by Gasteiger charge is -2.23. The lowest BCUT2D eigenvalue weighted by Crippen LogP contribution is -2.24. The van der Waals surface area contributed by atoms with E-state index in [9.17, 15) is 4.39 Å². The zero-order valence-electron chi connectivity index (χ0n) is 8.28. The van der Waals surface area contributed by atoms with Crippen molar-refractivity contribution in [3.05, 3.63) is 24.0 Å². The third-order valence-corrected chi connectivity index (χ3v) is 2.32. The average Bonchev–Trinajstić information content (AvgIpc) is 2.25. The van der Waals surface area contributed by atoms with E-state index in [1.54, 1.807) is 0 Å². The Labute approximate surface area is 87.4 Å². The Balaban J connectivity index is 2.00. The summed E-state index contributed by atoms with van der Waals surface area (Å²) in [6, 6.07) is 3.96. The van der Waals surface area contributed by atoms with Crippen molar-refractivity contribution in [2.24, 2.45) is 0 Å². The van der Waals surface area contributed by atoms with Gasteiger partial charge >= 0.3 is 0 Å². The molecule has 1 atom stereocenters. The van der Waals surface area contributed by atoms with Gasteiger partial charge in [0.25, 0.3) is 0 Å². The van der Waals surface area contributed by atoms with Crippen molar-refractivity contribution in [2.45, 2.75) is 25.6 Å². The molecule has 1 N–H and O–H groups in total. The molecule has 0 bridgehead atoms. The Morgan fingerprint density at radius 2 is 2.27 bits per heavy atom. The molecular weight excluding hydrogens is 199 g/mol. The minimum atomic E-state index is -0.677. The van der Waals surface area contributed by atoms with E-state index >= 15 is 0 Å². The molecule has 0 spiro atoms. The lowest BCUT2D eigenvalue weighted by atomic mass is 10.2. The van der Waals surface area contributed by atoms with E-state index in [0.29, 0.717) is 12.4 Å². The van der Waals surface area contributed by atoms with Crippen molar-refractivity contribution >= 4 is 0 Å². The van der Waals surface area contributed by atoms with E-state index in [4.69, 9.17) is 14.6 Å². The molecule has 0 aromatic heterocycles. The number of phenols is 1. The van der Waals surface area contributed by atoms with Gasteiger partial charge in [0.1, 0.15) is 5.75 Å². The monoisotopic (exact) mass is 212 g/mol. The first-order valence-corrected chi connectivity index (χ1v) is 5.02. The van der Waals surface area contributed by atoms with E-state index in [0.717, 1.165) is 25.3 Å². The van der Waals surface area contributed by atoms with E-state index < -0.39 is 5.82 Å². The van der Waals surface area contributed by atoms with Crippen LogP contribution in [-0.2, 0) is 4.74 Å². The zero-order chi connectivity index (χ0) is 10.7. The predicted molar refractivity (Wildman–Crippen MR) is 52.3 cm³/mol. The van der Waals surface area contributed by atoms with Gasteiger partial charge in [0, 0.05) is 12.5 Å². The van der Waals surface area contributed by atoms with Gasteiger partial charge in [0.05, 0.1) is 6.61 Å². The number of hydrogen-bond donors (Lipinski definition) is 1. The SMILES string of the molecule is Oc1ccc(O[C@H]2CCCCO2)cc1F. The molecule has 1 heterocycles. The number of rotatable bonds is 2. The maximum absolute atomic E-state index is 13.0. The molecule has 15 heavy (non-hydrogen) atoms. The highest BCUT2D eigenvalue weighted by molar-refractivity contribution is 5.32. The van der Waals surface area contributed by atoms with Crippen LogP contribution in [0.5, 0.6) is 11.5 Å². The largest absolute Gasteiger partial charge is 0.505 e. The van der Waals surface area contributed by atoms with Crippen molar-refractivity contribution in [1.29, 1.82) is 0 Å². The van der Waals surface area contributed by atoms with Crippen LogP contribution >= 0.6 is 0 Å². The fourth-order valence-corrected chi connectivity index (χ4v) is 1.52. The Hall–Kier alpha value is -1.29. The first-order chi connectivity index (χ1) is 7.25. The molecule has 1 fully saturated rings.